The Morgan fingerprint density at radius 1 is 0.270 bits per heavy atom. The van der Waals surface area contributed by atoms with Gasteiger partial charge >= 0.3 is 39.5 Å². The first kappa shape index (κ1) is 98.1. The Morgan fingerprint density at radius 3 is 0.680 bits per heavy atom. The van der Waals surface area contributed by atoms with Crippen LogP contribution in [0.2, 0.25) is 0 Å². The van der Waals surface area contributed by atoms with Gasteiger partial charge < -0.3 is 33.8 Å². The van der Waals surface area contributed by atoms with Crippen LogP contribution in [0.5, 0.6) is 0 Å². The number of carbonyl (C=O) groups is 4. The van der Waals surface area contributed by atoms with Crippen LogP contribution in [0.4, 0.5) is 0 Å². The van der Waals surface area contributed by atoms with Crippen LogP contribution in [0.3, 0.4) is 0 Å². The number of hydrogen-bond acceptors (Lipinski definition) is 15. The van der Waals surface area contributed by atoms with Gasteiger partial charge in [-0.1, -0.05) is 370 Å². The first-order chi connectivity index (χ1) is 48.2. The zero-order valence-electron chi connectivity index (χ0n) is 65.7. The van der Waals surface area contributed by atoms with Crippen LogP contribution < -0.4 is 0 Å². The minimum Gasteiger partial charge on any atom is -0.462 e. The van der Waals surface area contributed by atoms with Gasteiger partial charge in [-0.05, 0) is 43.4 Å². The second-order valence-electron chi connectivity index (χ2n) is 30.6. The Kier molecular flexibility index (Phi) is 69.9. The lowest BCUT2D eigenvalue weighted by Crippen LogP contribution is -2.30. The van der Waals surface area contributed by atoms with Crippen molar-refractivity contribution >= 4 is 39.5 Å². The van der Waals surface area contributed by atoms with Gasteiger partial charge in [0.2, 0.25) is 0 Å². The van der Waals surface area contributed by atoms with Crippen LogP contribution in [0.15, 0.2) is 0 Å². The normalized spacial score (nSPS) is 14.0. The van der Waals surface area contributed by atoms with Crippen LogP contribution in [-0.2, 0) is 65.4 Å². The molecule has 0 aromatic rings. The van der Waals surface area contributed by atoms with E-state index in [0.29, 0.717) is 31.6 Å². The summed E-state index contributed by atoms with van der Waals surface area (Å²) in [6.45, 7) is 11.9. The molecule has 0 fully saturated rings. The first-order valence-corrected chi connectivity index (χ1v) is 44.8. The molecular formula is C81H158O17P2. The molecule has 2 unspecified atom stereocenters. The molecule has 17 nitrogen and oxygen atoms in total. The SMILES string of the molecule is CCCCCCCCCCCCCCCC(=O)O[C@H](COC(=O)CCCCCCCCC(C)C)COP(=O)(O)OC[C@H](O)COP(=O)(O)OC[C@@H](COC(=O)CCCCCCCCCCCCCCCCC(C)C)OC(=O)CCCCCCCCCCCCCCCCCCCCC(C)C. The Labute approximate surface area is 613 Å². The van der Waals surface area contributed by atoms with Crippen molar-refractivity contribution in [1.29, 1.82) is 0 Å². The number of ether oxygens (including phenoxy) is 4. The van der Waals surface area contributed by atoms with Crippen LogP contribution in [0, 0.1) is 17.8 Å². The second kappa shape index (κ2) is 71.3. The van der Waals surface area contributed by atoms with Gasteiger partial charge in [-0.15, -0.1) is 0 Å². The van der Waals surface area contributed by atoms with E-state index in [4.69, 9.17) is 37.0 Å². The molecule has 0 spiro atoms. The van der Waals surface area contributed by atoms with Gasteiger partial charge in [0.1, 0.15) is 19.3 Å². The minimum atomic E-state index is -4.96. The zero-order valence-corrected chi connectivity index (χ0v) is 67.5. The number of unbranched alkanes of at least 4 members (excludes halogenated alkanes) is 47. The lowest BCUT2D eigenvalue weighted by atomic mass is 10.0. The average molecular weight is 1470 g/mol. The third kappa shape index (κ3) is 74.3. The van der Waals surface area contributed by atoms with Crippen molar-refractivity contribution in [3.8, 4) is 0 Å². The Morgan fingerprint density at radius 2 is 0.460 bits per heavy atom. The number of rotatable bonds is 79. The second-order valence-corrected chi connectivity index (χ2v) is 33.5. The number of hydrogen-bond donors (Lipinski definition) is 3. The monoisotopic (exact) mass is 1470 g/mol. The van der Waals surface area contributed by atoms with Gasteiger partial charge in [0.25, 0.3) is 0 Å². The summed E-state index contributed by atoms with van der Waals surface area (Å²) in [4.78, 5) is 73.0. The molecule has 0 aliphatic heterocycles. The van der Waals surface area contributed by atoms with Crippen molar-refractivity contribution in [3.05, 3.63) is 0 Å². The summed E-state index contributed by atoms with van der Waals surface area (Å²) >= 11 is 0. The van der Waals surface area contributed by atoms with Crippen LogP contribution >= 0.6 is 15.6 Å². The number of carbonyl (C=O) groups excluding carboxylic acids is 4. The van der Waals surface area contributed by atoms with E-state index in [1.165, 1.54) is 225 Å². The molecule has 100 heavy (non-hydrogen) atoms. The molecule has 0 radical (unpaired) electrons. The van der Waals surface area contributed by atoms with Crippen molar-refractivity contribution in [2.75, 3.05) is 39.6 Å². The molecule has 0 saturated heterocycles. The molecule has 0 aromatic carbocycles. The smallest absolute Gasteiger partial charge is 0.462 e. The molecule has 5 atom stereocenters. The van der Waals surface area contributed by atoms with Crippen LogP contribution in [0.25, 0.3) is 0 Å². The number of aliphatic hydroxyl groups is 1. The molecule has 0 heterocycles. The van der Waals surface area contributed by atoms with E-state index < -0.39 is 97.5 Å². The summed E-state index contributed by atoms with van der Waals surface area (Å²) in [5, 5.41) is 10.6. The molecule has 0 bridgehead atoms. The van der Waals surface area contributed by atoms with Gasteiger partial charge in [-0.2, -0.15) is 0 Å². The quantitative estimate of drug-likeness (QED) is 0.0222. The molecule has 0 rings (SSSR count). The molecule has 0 aromatic heterocycles. The summed E-state index contributed by atoms with van der Waals surface area (Å²) in [5.74, 6) is 0.187. The standard InChI is InChI=1S/C81H158O17P2/c1-8-9-10-11-12-13-14-23-31-36-41-50-57-64-81(86)98-77(69-92-79(84)63-56-49-44-43-47-54-61-74(6)7)71-96-100(89,90)94-67-75(82)66-93-99(87,88)95-70-76(68-91-78(83)62-55-48-40-35-30-26-22-21-25-29-34-39-46-53-60-73(4)5)97-80(85)65-58-51-42-37-32-27-20-18-16-15-17-19-24-28-33-38-45-52-59-72(2)3/h72-77,82H,8-71H2,1-7H3,(H,87,88)(H,89,90)/t75-,76-,77-/m1/s1. The van der Waals surface area contributed by atoms with E-state index in [0.717, 1.165) is 108 Å². The van der Waals surface area contributed by atoms with E-state index in [2.05, 4.69) is 48.5 Å². The average Bonchev–Trinajstić information content (AvgIpc) is 0.922. The third-order valence-corrected chi connectivity index (χ3v) is 20.8. The van der Waals surface area contributed by atoms with E-state index in [9.17, 15) is 43.2 Å². The molecule has 0 aliphatic carbocycles. The number of aliphatic hydroxyl groups excluding tert-OH is 1. The fourth-order valence-corrected chi connectivity index (χ4v) is 14.1. The molecular weight excluding hydrogens is 1310 g/mol. The summed E-state index contributed by atoms with van der Waals surface area (Å²) < 4.78 is 68.7. The zero-order chi connectivity index (χ0) is 73.7. The predicted octanol–water partition coefficient (Wildman–Crippen LogP) is 24.1. The highest BCUT2D eigenvalue weighted by Crippen LogP contribution is 2.45. The number of esters is 4. The number of phosphoric acid groups is 2. The summed E-state index contributed by atoms with van der Waals surface area (Å²) in [7, 11) is -9.92. The van der Waals surface area contributed by atoms with Crippen LogP contribution in [-0.4, -0.2) is 96.7 Å². The van der Waals surface area contributed by atoms with E-state index >= 15 is 0 Å². The minimum absolute atomic E-state index is 0.107. The van der Waals surface area contributed by atoms with Crippen molar-refractivity contribution in [2.45, 2.75) is 439 Å². The van der Waals surface area contributed by atoms with Crippen LogP contribution in [0.1, 0.15) is 421 Å². The van der Waals surface area contributed by atoms with Crippen molar-refractivity contribution in [2.24, 2.45) is 17.8 Å². The lowest BCUT2D eigenvalue weighted by Gasteiger charge is -2.21. The number of phosphoric ester groups is 2. The van der Waals surface area contributed by atoms with Gasteiger partial charge in [0, 0.05) is 25.7 Å². The lowest BCUT2D eigenvalue weighted by molar-refractivity contribution is -0.161. The maximum absolute atomic E-state index is 13.1. The molecule has 594 valence electrons. The molecule has 0 saturated carbocycles. The molecule has 0 aliphatic rings. The maximum Gasteiger partial charge on any atom is 0.472 e. The van der Waals surface area contributed by atoms with Gasteiger partial charge in [0.05, 0.1) is 26.4 Å². The Balaban J connectivity index is 5.21. The molecule has 3 N–H and O–H groups in total. The topological polar surface area (TPSA) is 237 Å². The third-order valence-electron chi connectivity index (χ3n) is 18.9. The van der Waals surface area contributed by atoms with Gasteiger partial charge in [0.15, 0.2) is 12.2 Å². The van der Waals surface area contributed by atoms with E-state index in [1.54, 1.807) is 0 Å². The van der Waals surface area contributed by atoms with E-state index in [1.807, 2.05) is 0 Å². The van der Waals surface area contributed by atoms with Gasteiger partial charge in [-0.3, -0.25) is 37.3 Å². The highest BCUT2D eigenvalue weighted by Gasteiger charge is 2.30. The summed E-state index contributed by atoms with van der Waals surface area (Å²) in [6, 6.07) is 0. The Bertz CT molecular complexity index is 1940. The summed E-state index contributed by atoms with van der Waals surface area (Å²) in [6.07, 6.45) is 59.8. The highest BCUT2D eigenvalue weighted by atomic mass is 31.2. The van der Waals surface area contributed by atoms with E-state index in [-0.39, 0.29) is 25.7 Å². The highest BCUT2D eigenvalue weighted by molar-refractivity contribution is 7.47. The molecule has 19 heteroatoms. The Hall–Kier alpha value is -1.94. The van der Waals surface area contributed by atoms with Crippen molar-refractivity contribution in [1.82, 2.24) is 0 Å². The fourth-order valence-electron chi connectivity index (χ4n) is 12.5. The maximum atomic E-state index is 13.1. The largest absolute Gasteiger partial charge is 0.472 e. The first-order valence-electron chi connectivity index (χ1n) is 41.8. The van der Waals surface area contributed by atoms with Gasteiger partial charge in [-0.25, -0.2) is 9.13 Å². The van der Waals surface area contributed by atoms with Crippen molar-refractivity contribution in [3.63, 3.8) is 0 Å². The predicted molar refractivity (Wildman–Crippen MR) is 409 cm³/mol. The van der Waals surface area contributed by atoms with Crippen molar-refractivity contribution < 1.29 is 80.2 Å². The summed E-state index contributed by atoms with van der Waals surface area (Å²) in [5.41, 5.74) is 0. The fraction of sp³-hybridized carbons (Fsp3) is 0.951. The molecule has 0 amide bonds.